The maximum Gasteiger partial charge on any atom is 0.233 e. The van der Waals surface area contributed by atoms with Gasteiger partial charge in [-0.25, -0.2) is 9.97 Å². The van der Waals surface area contributed by atoms with E-state index in [1.807, 2.05) is 30.3 Å². The van der Waals surface area contributed by atoms with Gasteiger partial charge in [-0.15, -0.1) is 0 Å². The Balaban J connectivity index is 1.56. The highest BCUT2D eigenvalue weighted by Crippen LogP contribution is 2.23. The van der Waals surface area contributed by atoms with Crippen molar-refractivity contribution in [2.24, 2.45) is 11.7 Å². The molecule has 0 bridgehead atoms. The number of piperidine rings is 1. The number of primary amides is 1. The third-order valence-electron chi connectivity index (χ3n) is 4.59. The molecule has 2 heterocycles. The molecule has 142 valence electrons. The average Bonchev–Trinajstić information content (AvgIpc) is 2.72. The van der Waals surface area contributed by atoms with Gasteiger partial charge in [0.2, 0.25) is 11.8 Å². The average molecular weight is 386 g/mol. The van der Waals surface area contributed by atoms with Crippen LogP contribution in [0.3, 0.4) is 0 Å². The first kappa shape index (κ1) is 19.2. The van der Waals surface area contributed by atoms with Gasteiger partial charge < -0.3 is 15.4 Å². The minimum Gasteiger partial charge on any atom is -0.497 e. The van der Waals surface area contributed by atoms with Gasteiger partial charge in [-0.05, 0) is 43.2 Å². The molecule has 0 aliphatic carbocycles. The van der Waals surface area contributed by atoms with Gasteiger partial charge in [-0.2, -0.15) is 0 Å². The Bertz CT molecular complexity index is 805. The van der Waals surface area contributed by atoms with Crippen molar-refractivity contribution in [1.29, 1.82) is 0 Å². The molecule has 8 heteroatoms. The summed E-state index contributed by atoms with van der Waals surface area (Å²) in [5, 5.41) is 0.559. The second kappa shape index (κ2) is 8.85. The number of thioether (sulfide) groups is 1. The maximum absolute atomic E-state index is 12.4. The number of aromatic nitrogens is 2. The van der Waals surface area contributed by atoms with Crippen LogP contribution in [0.4, 0.5) is 0 Å². The first-order valence-electron chi connectivity index (χ1n) is 8.74. The number of rotatable bonds is 6. The van der Waals surface area contributed by atoms with Crippen LogP contribution in [0.5, 0.6) is 5.75 Å². The Kier molecular flexibility index (Phi) is 6.28. The van der Waals surface area contributed by atoms with Crippen molar-refractivity contribution in [3.8, 4) is 17.0 Å². The lowest BCUT2D eigenvalue weighted by atomic mass is 9.96. The van der Waals surface area contributed by atoms with Gasteiger partial charge in [0.1, 0.15) is 5.75 Å². The van der Waals surface area contributed by atoms with E-state index in [-0.39, 0.29) is 23.5 Å². The number of likely N-dealkylation sites (tertiary alicyclic amines) is 1. The molecule has 1 aliphatic rings. The van der Waals surface area contributed by atoms with E-state index in [1.54, 1.807) is 18.2 Å². The number of carbonyl (C=O) groups excluding carboxylic acids is 2. The van der Waals surface area contributed by atoms with Crippen LogP contribution in [0.2, 0.25) is 0 Å². The molecule has 1 fully saturated rings. The lowest BCUT2D eigenvalue weighted by Gasteiger charge is -2.30. The number of hydrogen-bond donors (Lipinski definition) is 1. The van der Waals surface area contributed by atoms with E-state index in [4.69, 9.17) is 10.5 Å². The molecular formula is C19H22N4O3S. The van der Waals surface area contributed by atoms with Gasteiger partial charge in [-0.1, -0.05) is 11.8 Å². The lowest BCUT2D eigenvalue weighted by Crippen LogP contribution is -2.42. The number of benzene rings is 1. The summed E-state index contributed by atoms with van der Waals surface area (Å²) in [6, 6.07) is 9.46. The Hall–Kier alpha value is -2.61. The van der Waals surface area contributed by atoms with Gasteiger partial charge in [0.15, 0.2) is 5.16 Å². The van der Waals surface area contributed by atoms with Crippen LogP contribution in [0.25, 0.3) is 11.3 Å². The highest BCUT2D eigenvalue weighted by molar-refractivity contribution is 7.99. The normalized spacial score (nSPS) is 14.8. The van der Waals surface area contributed by atoms with E-state index in [2.05, 4.69) is 9.97 Å². The summed E-state index contributed by atoms with van der Waals surface area (Å²) in [4.78, 5) is 34.2. The highest BCUT2D eigenvalue weighted by Gasteiger charge is 2.25. The summed E-state index contributed by atoms with van der Waals surface area (Å²) in [5.74, 6) is 0.689. The van der Waals surface area contributed by atoms with Gasteiger partial charge >= 0.3 is 0 Å². The number of hydrogen-bond acceptors (Lipinski definition) is 6. The molecule has 0 atom stereocenters. The molecular weight excluding hydrogens is 364 g/mol. The molecule has 0 radical (unpaired) electrons. The Morgan fingerprint density at radius 2 is 1.93 bits per heavy atom. The quantitative estimate of drug-likeness (QED) is 0.602. The van der Waals surface area contributed by atoms with Crippen LogP contribution < -0.4 is 10.5 Å². The van der Waals surface area contributed by atoms with Crippen molar-refractivity contribution in [3.63, 3.8) is 0 Å². The van der Waals surface area contributed by atoms with Crippen LogP contribution >= 0.6 is 11.8 Å². The SMILES string of the molecule is COc1ccc(-c2ccnc(SCC(=O)N3CCC(C(N)=O)CC3)n2)cc1. The first-order chi connectivity index (χ1) is 13.1. The summed E-state index contributed by atoms with van der Waals surface area (Å²) >= 11 is 1.32. The summed E-state index contributed by atoms with van der Waals surface area (Å²) in [6.07, 6.45) is 2.96. The lowest BCUT2D eigenvalue weighted by molar-refractivity contribution is -0.132. The van der Waals surface area contributed by atoms with E-state index in [0.29, 0.717) is 31.1 Å². The monoisotopic (exact) mass is 386 g/mol. The molecule has 2 N–H and O–H groups in total. The second-order valence-electron chi connectivity index (χ2n) is 6.30. The maximum atomic E-state index is 12.4. The Morgan fingerprint density at radius 3 is 2.56 bits per heavy atom. The summed E-state index contributed by atoms with van der Waals surface area (Å²) in [7, 11) is 1.63. The van der Waals surface area contributed by atoms with Crippen molar-refractivity contribution >= 4 is 23.6 Å². The largest absolute Gasteiger partial charge is 0.497 e. The predicted molar refractivity (Wildman–Crippen MR) is 103 cm³/mol. The van der Waals surface area contributed by atoms with Gasteiger partial charge in [-0.3, -0.25) is 9.59 Å². The number of ether oxygens (including phenoxy) is 1. The number of amides is 2. The van der Waals surface area contributed by atoms with Crippen molar-refractivity contribution in [2.75, 3.05) is 26.0 Å². The summed E-state index contributed by atoms with van der Waals surface area (Å²) in [5.41, 5.74) is 7.09. The van der Waals surface area contributed by atoms with Crippen molar-refractivity contribution in [1.82, 2.24) is 14.9 Å². The zero-order valence-corrected chi connectivity index (χ0v) is 15.9. The second-order valence-corrected chi connectivity index (χ2v) is 7.24. The molecule has 1 aromatic heterocycles. The van der Waals surface area contributed by atoms with Crippen molar-refractivity contribution in [2.45, 2.75) is 18.0 Å². The molecule has 0 spiro atoms. The molecule has 1 aliphatic heterocycles. The standard InChI is InChI=1S/C19H22N4O3S/c1-26-15-4-2-13(3-5-15)16-6-9-21-19(22-16)27-12-17(24)23-10-7-14(8-11-23)18(20)25/h2-6,9,14H,7-8,10-12H2,1H3,(H2,20,25). The first-order valence-corrected chi connectivity index (χ1v) is 9.72. The van der Waals surface area contributed by atoms with E-state index in [0.717, 1.165) is 17.0 Å². The van der Waals surface area contributed by atoms with Crippen LogP contribution in [0, 0.1) is 5.92 Å². The molecule has 27 heavy (non-hydrogen) atoms. The van der Waals surface area contributed by atoms with Crippen molar-refractivity contribution in [3.05, 3.63) is 36.5 Å². The van der Waals surface area contributed by atoms with Crippen LogP contribution in [0.1, 0.15) is 12.8 Å². The fourth-order valence-corrected chi connectivity index (χ4v) is 3.70. The number of nitrogens with two attached hydrogens (primary N) is 1. The molecule has 7 nitrogen and oxygen atoms in total. The Morgan fingerprint density at radius 1 is 1.22 bits per heavy atom. The van der Waals surface area contributed by atoms with Gasteiger partial charge in [0, 0.05) is 30.8 Å². The molecule has 0 saturated carbocycles. The third-order valence-corrected chi connectivity index (χ3v) is 5.44. The minimum atomic E-state index is -0.278. The topological polar surface area (TPSA) is 98.4 Å². The van der Waals surface area contributed by atoms with E-state index in [9.17, 15) is 9.59 Å². The smallest absolute Gasteiger partial charge is 0.233 e. The zero-order chi connectivity index (χ0) is 19.2. The fourth-order valence-electron chi connectivity index (χ4n) is 2.96. The zero-order valence-electron chi connectivity index (χ0n) is 15.1. The van der Waals surface area contributed by atoms with Gasteiger partial charge in [0.05, 0.1) is 18.6 Å². The molecule has 1 saturated heterocycles. The van der Waals surface area contributed by atoms with E-state index in [1.165, 1.54) is 11.8 Å². The summed E-state index contributed by atoms with van der Waals surface area (Å²) in [6.45, 7) is 1.14. The van der Waals surface area contributed by atoms with Crippen molar-refractivity contribution < 1.29 is 14.3 Å². The van der Waals surface area contributed by atoms with Gasteiger partial charge in [0.25, 0.3) is 0 Å². The third kappa shape index (κ3) is 4.97. The molecule has 1 aromatic carbocycles. The minimum absolute atomic E-state index is 0.0290. The Labute approximate surface area is 162 Å². The molecule has 2 aromatic rings. The highest BCUT2D eigenvalue weighted by atomic mass is 32.2. The van der Waals surface area contributed by atoms with Crippen LogP contribution in [-0.4, -0.2) is 52.6 Å². The summed E-state index contributed by atoms with van der Waals surface area (Å²) < 4.78 is 5.17. The number of carbonyl (C=O) groups is 2. The predicted octanol–water partition coefficient (Wildman–Crippen LogP) is 1.97. The van der Waals surface area contributed by atoms with Crippen LogP contribution in [0.15, 0.2) is 41.7 Å². The molecule has 0 unspecified atom stereocenters. The van der Waals surface area contributed by atoms with E-state index >= 15 is 0 Å². The number of nitrogens with zero attached hydrogens (tertiary/aromatic N) is 3. The number of methoxy groups -OCH3 is 1. The van der Waals surface area contributed by atoms with E-state index < -0.39 is 0 Å². The van der Waals surface area contributed by atoms with Crippen LogP contribution in [-0.2, 0) is 9.59 Å². The fraction of sp³-hybridized carbons (Fsp3) is 0.368. The molecule has 3 rings (SSSR count). The molecule has 2 amide bonds.